The first-order valence-electron chi connectivity index (χ1n) is 6.55. The van der Waals surface area contributed by atoms with Gasteiger partial charge in [-0.15, -0.1) is 0 Å². The Hall–Kier alpha value is -1.77. The summed E-state index contributed by atoms with van der Waals surface area (Å²) in [6.07, 6.45) is 0.163. The van der Waals surface area contributed by atoms with E-state index >= 15 is 0 Å². The molecule has 0 spiro atoms. The van der Waals surface area contributed by atoms with Gasteiger partial charge in [-0.1, -0.05) is 65.7 Å². The Bertz CT molecular complexity index is 690. The molecule has 21 heavy (non-hydrogen) atoms. The van der Waals surface area contributed by atoms with Crippen LogP contribution in [0.15, 0.2) is 60.2 Å². The molecule has 0 aromatic heterocycles. The lowest BCUT2D eigenvalue weighted by Crippen LogP contribution is -1.99. The van der Waals surface area contributed by atoms with Crippen LogP contribution in [0.2, 0.25) is 5.02 Å². The molecule has 0 amide bonds. The zero-order valence-electron chi connectivity index (χ0n) is 11.1. The maximum atomic E-state index is 12.0. The molecule has 1 atom stereocenters. The molecule has 0 N–H and O–H groups in total. The van der Waals surface area contributed by atoms with Gasteiger partial charge in [0.2, 0.25) is 0 Å². The number of carbonyl (C=O) groups is 1. The first kappa shape index (κ1) is 14.2. The minimum atomic E-state index is -0.358. The van der Waals surface area contributed by atoms with E-state index in [1.807, 2.05) is 42.5 Å². The Labute approximate surface area is 132 Å². The van der Waals surface area contributed by atoms with Gasteiger partial charge in [-0.2, -0.15) is 0 Å². The molecule has 2 aromatic rings. The second-order valence-corrected chi connectivity index (χ2v) is 5.62. The summed E-state index contributed by atoms with van der Waals surface area (Å²) < 4.78 is 5.42. The van der Waals surface area contributed by atoms with Gasteiger partial charge in [-0.3, -0.25) is 0 Å². The number of esters is 1. The van der Waals surface area contributed by atoms with Crippen LogP contribution in [0.1, 0.15) is 23.7 Å². The average molecular weight is 319 g/mol. The van der Waals surface area contributed by atoms with Crippen molar-refractivity contribution in [1.82, 2.24) is 0 Å². The molecule has 1 fully saturated rings. The van der Waals surface area contributed by atoms with Gasteiger partial charge in [-0.05, 0) is 23.3 Å². The minimum Gasteiger partial charge on any atom is -0.454 e. The number of halogens is 2. The predicted molar refractivity (Wildman–Crippen MR) is 84.1 cm³/mol. The zero-order chi connectivity index (χ0) is 14.8. The summed E-state index contributed by atoms with van der Waals surface area (Å²) in [5.41, 5.74) is 2.26. The first-order valence-corrected chi connectivity index (χ1v) is 7.31. The molecular weight excluding hydrogens is 307 g/mol. The molecule has 1 heterocycles. The van der Waals surface area contributed by atoms with Gasteiger partial charge in [0.15, 0.2) is 0 Å². The van der Waals surface area contributed by atoms with Crippen LogP contribution in [-0.2, 0) is 9.53 Å². The monoisotopic (exact) mass is 318 g/mol. The molecule has 0 saturated carbocycles. The van der Waals surface area contributed by atoms with E-state index < -0.39 is 0 Å². The molecule has 1 aliphatic heterocycles. The zero-order valence-corrected chi connectivity index (χ0v) is 12.6. The summed E-state index contributed by atoms with van der Waals surface area (Å²) in [6.45, 7) is 0. The fourth-order valence-corrected chi connectivity index (χ4v) is 2.72. The third-order valence-electron chi connectivity index (χ3n) is 3.42. The summed E-state index contributed by atoms with van der Waals surface area (Å²) in [4.78, 5) is 12.0. The molecule has 1 saturated heterocycles. The van der Waals surface area contributed by atoms with Gasteiger partial charge >= 0.3 is 5.97 Å². The summed E-state index contributed by atoms with van der Waals surface area (Å²) in [7, 11) is 0. The SMILES string of the molecule is O=C1O[C@@H](c2ccc(Cl)cc2)C/C1=C(/Cl)c1ccccc1. The van der Waals surface area contributed by atoms with Crippen molar-refractivity contribution in [3.05, 3.63) is 76.3 Å². The van der Waals surface area contributed by atoms with E-state index in [-0.39, 0.29) is 12.1 Å². The average Bonchev–Trinajstić information content (AvgIpc) is 2.90. The number of hydrogen-bond donors (Lipinski definition) is 0. The molecule has 1 aliphatic rings. The third-order valence-corrected chi connectivity index (χ3v) is 4.12. The first-order chi connectivity index (χ1) is 10.1. The van der Waals surface area contributed by atoms with E-state index in [0.717, 1.165) is 11.1 Å². The lowest BCUT2D eigenvalue weighted by molar-refractivity contribution is -0.139. The molecule has 0 unspecified atom stereocenters. The third kappa shape index (κ3) is 2.97. The number of carbonyl (C=O) groups excluding carboxylic acids is 1. The van der Waals surface area contributed by atoms with Crippen molar-refractivity contribution >= 4 is 34.2 Å². The molecule has 106 valence electrons. The lowest BCUT2D eigenvalue weighted by atomic mass is 10.0. The fourth-order valence-electron chi connectivity index (χ4n) is 2.31. The maximum absolute atomic E-state index is 12.0. The minimum absolute atomic E-state index is 0.303. The number of benzene rings is 2. The van der Waals surface area contributed by atoms with Gasteiger partial charge in [0, 0.05) is 11.4 Å². The molecule has 0 aliphatic carbocycles. The van der Waals surface area contributed by atoms with Gasteiger partial charge in [-0.25, -0.2) is 4.79 Å². The highest BCUT2D eigenvalue weighted by Crippen LogP contribution is 2.38. The second-order valence-electron chi connectivity index (χ2n) is 4.81. The Morgan fingerprint density at radius 3 is 2.38 bits per heavy atom. The van der Waals surface area contributed by atoms with Crippen molar-refractivity contribution in [2.75, 3.05) is 0 Å². The summed E-state index contributed by atoms with van der Waals surface area (Å²) >= 11 is 12.2. The molecule has 3 rings (SSSR count). The van der Waals surface area contributed by atoms with Gasteiger partial charge in [0.25, 0.3) is 0 Å². The topological polar surface area (TPSA) is 26.3 Å². The van der Waals surface area contributed by atoms with E-state index in [1.54, 1.807) is 12.1 Å². The highest BCUT2D eigenvalue weighted by molar-refractivity contribution is 6.51. The van der Waals surface area contributed by atoms with Gasteiger partial charge in [0.1, 0.15) is 6.10 Å². The van der Waals surface area contributed by atoms with Crippen molar-refractivity contribution in [2.24, 2.45) is 0 Å². The van der Waals surface area contributed by atoms with Crippen LogP contribution in [0.25, 0.3) is 5.03 Å². The molecule has 0 radical (unpaired) electrons. The Kier molecular flexibility index (Phi) is 4.00. The highest BCUT2D eigenvalue weighted by atomic mass is 35.5. The smallest absolute Gasteiger partial charge is 0.336 e. The van der Waals surface area contributed by atoms with Gasteiger partial charge < -0.3 is 4.74 Å². The van der Waals surface area contributed by atoms with Crippen LogP contribution in [0.3, 0.4) is 0 Å². The highest BCUT2D eigenvalue weighted by Gasteiger charge is 2.32. The summed E-state index contributed by atoms with van der Waals surface area (Å²) in [5.74, 6) is -0.358. The fraction of sp³-hybridized carbons (Fsp3) is 0.118. The van der Waals surface area contributed by atoms with Crippen molar-refractivity contribution < 1.29 is 9.53 Å². The predicted octanol–water partition coefficient (Wildman–Crippen LogP) is 4.98. The standard InChI is InChI=1S/C17H12Cl2O2/c18-13-8-6-11(7-9-13)15-10-14(17(20)21-15)16(19)12-4-2-1-3-5-12/h1-9,15H,10H2/b16-14-/t15-/m1/s1. The van der Waals surface area contributed by atoms with Crippen LogP contribution in [0, 0.1) is 0 Å². The van der Waals surface area contributed by atoms with E-state index in [0.29, 0.717) is 22.0 Å². The number of cyclic esters (lactones) is 1. The van der Waals surface area contributed by atoms with Crippen molar-refractivity contribution in [3.8, 4) is 0 Å². The Balaban J connectivity index is 1.90. The number of hydrogen-bond acceptors (Lipinski definition) is 2. The summed E-state index contributed by atoms with van der Waals surface area (Å²) in [5, 5.41) is 1.11. The Morgan fingerprint density at radius 1 is 1.05 bits per heavy atom. The van der Waals surface area contributed by atoms with E-state index in [9.17, 15) is 4.79 Å². The molecular formula is C17H12Cl2O2. The van der Waals surface area contributed by atoms with E-state index in [1.165, 1.54) is 0 Å². The van der Waals surface area contributed by atoms with Crippen molar-refractivity contribution in [1.29, 1.82) is 0 Å². The van der Waals surface area contributed by atoms with Crippen LogP contribution >= 0.6 is 23.2 Å². The quantitative estimate of drug-likeness (QED) is 0.576. The summed E-state index contributed by atoms with van der Waals surface area (Å²) in [6, 6.07) is 16.7. The maximum Gasteiger partial charge on any atom is 0.336 e. The molecule has 4 heteroatoms. The second kappa shape index (κ2) is 5.92. The number of rotatable bonds is 2. The molecule has 2 aromatic carbocycles. The molecule has 2 nitrogen and oxygen atoms in total. The van der Waals surface area contributed by atoms with Crippen LogP contribution in [-0.4, -0.2) is 5.97 Å². The van der Waals surface area contributed by atoms with Crippen molar-refractivity contribution in [2.45, 2.75) is 12.5 Å². The Morgan fingerprint density at radius 2 is 1.71 bits per heavy atom. The van der Waals surface area contributed by atoms with Crippen molar-refractivity contribution in [3.63, 3.8) is 0 Å². The van der Waals surface area contributed by atoms with Crippen LogP contribution in [0.5, 0.6) is 0 Å². The number of ether oxygens (including phenoxy) is 1. The van der Waals surface area contributed by atoms with E-state index in [4.69, 9.17) is 27.9 Å². The van der Waals surface area contributed by atoms with Gasteiger partial charge in [0.05, 0.1) is 10.6 Å². The lowest BCUT2D eigenvalue weighted by Gasteiger charge is -2.08. The van der Waals surface area contributed by atoms with Crippen LogP contribution in [0.4, 0.5) is 0 Å². The largest absolute Gasteiger partial charge is 0.454 e. The normalized spacial score (nSPS) is 20.3. The van der Waals surface area contributed by atoms with Crippen LogP contribution < -0.4 is 0 Å². The molecule has 0 bridgehead atoms. The van der Waals surface area contributed by atoms with E-state index in [2.05, 4.69) is 0 Å².